The van der Waals surface area contributed by atoms with Crippen LogP contribution in [0.3, 0.4) is 0 Å². The van der Waals surface area contributed by atoms with Crippen molar-refractivity contribution in [3.8, 4) is 6.07 Å². The number of anilines is 1. The third kappa shape index (κ3) is 3.94. The fourth-order valence-electron chi connectivity index (χ4n) is 1.65. The number of aryl methyl sites for hydroxylation is 1. The fraction of sp³-hybridized carbons (Fsp3) is 0.500. The molecule has 0 bridgehead atoms. The average molecular weight is 216 g/mol. The summed E-state index contributed by atoms with van der Waals surface area (Å²) in [6.45, 7) is 6.40. The molecule has 0 radical (unpaired) electrons. The molecule has 0 saturated heterocycles. The molecule has 0 aliphatic carbocycles. The zero-order valence-corrected chi connectivity index (χ0v) is 10.3. The number of nitrogens with one attached hydrogen (secondary N) is 1. The van der Waals surface area contributed by atoms with Gasteiger partial charge in [-0.25, -0.2) is 0 Å². The Bertz CT molecular complexity index is 346. The van der Waals surface area contributed by atoms with Crippen molar-refractivity contribution in [2.24, 2.45) is 5.92 Å². The number of rotatable bonds is 5. The molecule has 1 rings (SSSR count). The van der Waals surface area contributed by atoms with Crippen molar-refractivity contribution >= 4 is 5.69 Å². The van der Waals surface area contributed by atoms with Crippen LogP contribution in [0.4, 0.5) is 5.69 Å². The van der Waals surface area contributed by atoms with Gasteiger partial charge in [-0.15, -0.1) is 0 Å². The maximum Gasteiger partial charge on any atom is 0.114 e. The van der Waals surface area contributed by atoms with Gasteiger partial charge in [0.15, 0.2) is 0 Å². The summed E-state index contributed by atoms with van der Waals surface area (Å²) in [4.78, 5) is 0. The molecule has 0 aromatic heterocycles. The molecule has 1 aromatic rings. The molecule has 0 amide bonds. The predicted octanol–water partition coefficient (Wildman–Crippen LogP) is 3.60. The lowest BCUT2D eigenvalue weighted by molar-refractivity contribution is 0.568. The van der Waals surface area contributed by atoms with E-state index in [1.807, 2.05) is 12.1 Å². The number of benzene rings is 1. The van der Waals surface area contributed by atoms with E-state index >= 15 is 0 Å². The van der Waals surface area contributed by atoms with Crippen LogP contribution < -0.4 is 5.32 Å². The van der Waals surface area contributed by atoms with Crippen LogP contribution in [-0.2, 0) is 6.42 Å². The third-order valence-electron chi connectivity index (χ3n) is 2.57. The van der Waals surface area contributed by atoms with Crippen LogP contribution in [-0.4, -0.2) is 6.04 Å². The SMILES string of the molecule is CCc1ccc(NC(C#N)CC(C)C)cc1. The first-order valence-corrected chi connectivity index (χ1v) is 5.90. The van der Waals surface area contributed by atoms with Crippen molar-refractivity contribution < 1.29 is 0 Å². The van der Waals surface area contributed by atoms with Gasteiger partial charge < -0.3 is 5.32 Å². The quantitative estimate of drug-likeness (QED) is 0.816. The summed E-state index contributed by atoms with van der Waals surface area (Å²) in [5.41, 5.74) is 2.35. The maximum atomic E-state index is 9.02. The van der Waals surface area contributed by atoms with E-state index < -0.39 is 0 Å². The highest BCUT2D eigenvalue weighted by Crippen LogP contribution is 2.14. The molecular weight excluding hydrogens is 196 g/mol. The van der Waals surface area contributed by atoms with Crippen LogP contribution in [0.2, 0.25) is 0 Å². The molecule has 86 valence electrons. The van der Waals surface area contributed by atoms with E-state index in [-0.39, 0.29) is 6.04 Å². The average Bonchev–Trinajstić information content (AvgIpc) is 2.28. The first-order valence-electron chi connectivity index (χ1n) is 5.90. The Morgan fingerprint density at radius 3 is 2.31 bits per heavy atom. The number of nitrogens with zero attached hydrogens (tertiary/aromatic N) is 1. The molecule has 16 heavy (non-hydrogen) atoms. The van der Waals surface area contributed by atoms with E-state index in [4.69, 9.17) is 5.26 Å². The molecule has 0 saturated carbocycles. The van der Waals surface area contributed by atoms with Crippen LogP contribution in [0.5, 0.6) is 0 Å². The van der Waals surface area contributed by atoms with Crippen molar-refractivity contribution in [3.63, 3.8) is 0 Å². The maximum absolute atomic E-state index is 9.02. The Balaban J connectivity index is 2.60. The molecule has 0 fully saturated rings. The largest absolute Gasteiger partial charge is 0.370 e. The van der Waals surface area contributed by atoms with E-state index in [2.05, 4.69) is 44.3 Å². The lowest BCUT2D eigenvalue weighted by Crippen LogP contribution is -2.19. The minimum atomic E-state index is -0.0903. The fourth-order valence-corrected chi connectivity index (χ4v) is 1.65. The lowest BCUT2D eigenvalue weighted by atomic mass is 10.0. The predicted molar refractivity (Wildman–Crippen MR) is 68.3 cm³/mol. The first-order chi connectivity index (χ1) is 7.65. The van der Waals surface area contributed by atoms with Crippen LogP contribution >= 0.6 is 0 Å². The lowest BCUT2D eigenvalue weighted by Gasteiger charge is -2.15. The van der Waals surface area contributed by atoms with Crippen LogP contribution in [0.15, 0.2) is 24.3 Å². The molecule has 0 aliphatic heterocycles. The van der Waals surface area contributed by atoms with Crippen LogP contribution in [0, 0.1) is 17.2 Å². The Morgan fingerprint density at radius 2 is 1.88 bits per heavy atom. The van der Waals surface area contributed by atoms with Gasteiger partial charge >= 0.3 is 0 Å². The van der Waals surface area contributed by atoms with Gasteiger partial charge in [-0.3, -0.25) is 0 Å². The molecule has 1 aromatic carbocycles. The summed E-state index contributed by atoms with van der Waals surface area (Å²) in [5, 5.41) is 12.3. The van der Waals surface area contributed by atoms with Crippen molar-refractivity contribution in [2.45, 2.75) is 39.7 Å². The van der Waals surface area contributed by atoms with E-state index in [0.717, 1.165) is 18.5 Å². The molecule has 1 unspecified atom stereocenters. The molecule has 1 atom stereocenters. The van der Waals surface area contributed by atoms with Crippen molar-refractivity contribution in [1.29, 1.82) is 5.26 Å². The van der Waals surface area contributed by atoms with Gasteiger partial charge in [-0.1, -0.05) is 32.9 Å². The molecule has 2 heteroatoms. The minimum Gasteiger partial charge on any atom is -0.370 e. The van der Waals surface area contributed by atoms with Gasteiger partial charge in [0.1, 0.15) is 6.04 Å². The van der Waals surface area contributed by atoms with Gasteiger partial charge in [-0.2, -0.15) is 5.26 Å². The highest BCUT2D eigenvalue weighted by Gasteiger charge is 2.08. The Labute approximate surface area is 98.3 Å². The monoisotopic (exact) mass is 216 g/mol. The Kier molecular flexibility index (Phi) is 4.85. The third-order valence-corrected chi connectivity index (χ3v) is 2.57. The Morgan fingerprint density at radius 1 is 1.25 bits per heavy atom. The summed E-state index contributed by atoms with van der Waals surface area (Å²) in [6.07, 6.45) is 1.93. The number of hydrogen-bond acceptors (Lipinski definition) is 2. The zero-order chi connectivity index (χ0) is 12.0. The summed E-state index contributed by atoms with van der Waals surface area (Å²) in [6, 6.07) is 10.5. The van der Waals surface area contributed by atoms with E-state index in [1.54, 1.807) is 0 Å². The van der Waals surface area contributed by atoms with Crippen molar-refractivity contribution in [1.82, 2.24) is 0 Å². The zero-order valence-electron chi connectivity index (χ0n) is 10.3. The Hall–Kier alpha value is -1.49. The summed E-state index contributed by atoms with van der Waals surface area (Å²) < 4.78 is 0. The molecule has 0 aliphatic rings. The highest BCUT2D eigenvalue weighted by molar-refractivity contribution is 5.46. The van der Waals surface area contributed by atoms with Crippen molar-refractivity contribution in [3.05, 3.63) is 29.8 Å². The summed E-state index contributed by atoms with van der Waals surface area (Å²) in [7, 11) is 0. The van der Waals surface area contributed by atoms with Crippen LogP contribution in [0.1, 0.15) is 32.8 Å². The standard InChI is InChI=1S/C14H20N2/c1-4-12-5-7-13(8-6-12)16-14(10-15)9-11(2)3/h5-8,11,14,16H,4,9H2,1-3H3. The second kappa shape index (κ2) is 6.17. The second-order valence-electron chi connectivity index (χ2n) is 4.51. The van der Waals surface area contributed by atoms with Gasteiger partial charge in [0, 0.05) is 5.69 Å². The number of hydrogen-bond donors (Lipinski definition) is 1. The highest BCUT2D eigenvalue weighted by atomic mass is 14.9. The minimum absolute atomic E-state index is 0.0903. The van der Waals surface area contributed by atoms with E-state index in [0.29, 0.717) is 5.92 Å². The smallest absolute Gasteiger partial charge is 0.114 e. The molecule has 0 heterocycles. The molecule has 1 N–H and O–H groups in total. The van der Waals surface area contributed by atoms with Crippen LogP contribution in [0.25, 0.3) is 0 Å². The molecule has 2 nitrogen and oxygen atoms in total. The summed E-state index contributed by atoms with van der Waals surface area (Å²) in [5.74, 6) is 0.534. The van der Waals surface area contributed by atoms with Crippen molar-refractivity contribution in [2.75, 3.05) is 5.32 Å². The van der Waals surface area contributed by atoms with Gasteiger partial charge in [-0.05, 0) is 36.5 Å². The number of nitriles is 1. The molecular formula is C14H20N2. The van der Waals surface area contributed by atoms with Gasteiger partial charge in [0.25, 0.3) is 0 Å². The summed E-state index contributed by atoms with van der Waals surface area (Å²) >= 11 is 0. The molecule has 0 spiro atoms. The van der Waals surface area contributed by atoms with E-state index in [9.17, 15) is 0 Å². The normalized spacial score (nSPS) is 12.2. The second-order valence-corrected chi connectivity index (χ2v) is 4.51. The van der Waals surface area contributed by atoms with Gasteiger partial charge in [0.05, 0.1) is 6.07 Å². The van der Waals surface area contributed by atoms with Gasteiger partial charge in [0.2, 0.25) is 0 Å². The van der Waals surface area contributed by atoms with E-state index in [1.165, 1.54) is 5.56 Å². The topological polar surface area (TPSA) is 35.8 Å². The first kappa shape index (κ1) is 12.6.